The van der Waals surface area contributed by atoms with Crippen molar-refractivity contribution in [1.82, 2.24) is 15.1 Å². The van der Waals surface area contributed by atoms with Crippen LogP contribution in [0.5, 0.6) is 0 Å². The molecule has 3 aromatic rings. The van der Waals surface area contributed by atoms with Crippen LogP contribution in [0.2, 0.25) is 5.02 Å². The van der Waals surface area contributed by atoms with Gasteiger partial charge < -0.3 is 10.4 Å². The average molecular weight is 521 g/mol. The van der Waals surface area contributed by atoms with Crippen LogP contribution in [0.4, 0.5) is 13.2 Å². The lowest BCUT2D eigenvalue weighted by molar-refractivity contribution is -0.140. The minimum atomic E-state index is -4.55. The maximum atomic E-state index is 13.4. The van der Waals surface area contributed by atoms with E-state index in [-0.39, 0.29) is 22.3 Å². The maximum absolute atomic E-state index is 13.4. The Bertz CT molecular complexity index is 1440. The van der Waals surface area contributed by atoms with E-state index in [4.69, 9.17) is 11.6 Å². The summed E-state index contributed by atoms with van der Waals surface area (Å²) >= 11 is 6.83. The number of nitrogens with one attached hydrogen (secondary N) is 1. The zero-order valence-electron chi connectivity index (χ0n) is 17.8. The van der Waals surface area contributed by atoms with Crippen molar-refractivity contribution in [3.8, 4) is 0 Å². The predicted octanol–water partition coefficient (Wildman–Crippen LogP) is 4.93. The highest BCUT2D eigenvalue weighted by Crippen LogP contribution is 2.38. The van der Waals surface area contributed by atoms with Crippen LogP contribution in [-0.2, 0) is 22.3 Å². The van der Waals surface area contributed by atoms with Gasteiger partial charge in [-0.15, -0.1) is 0 Å². The van der Waals surface area contributed by atoms with E-state index in [1.165, 1.54) is 23.0 Å². The summed E-state index contributed by atoms with van der Waals surface area (Å²) in [5, 5.41) is 17.3. The molecule has 180 valence electrons. The molecule has 0 saturated heterocycles. The Morgan fingerprint density at radius 3 is 2.71 bits per heavy atom. The summed E-state index contributed by atoms with van der Waals surface area (Å²) in [6.45, 7) is -0.0987. The van der Waals surface area contributed by atoms with E-state index in [2.05, 4.69) is 15.4 Å². The van der Waals surface area contributed by atoms with E-state index in [0.29, 0.717) is 34.2 Å². The first kappa shape index (κ1) is 23.4. The van der Waals surface area contributed by atoms with Crippen LogP contribution in [0.1, 0.15) is 29.5 Å². The van der Waals surface area contributed by atoms with Crippen molar-refractivity contribution in [3.63, 3.8) is 0 Å². The van der Waals surface area contributed by atoms with Crippen molar-refractivity contribution in [2.75, 3.05) is 0 Å². The van der Waals surface area contributed by atoms with E-state index in [1.54, 1.807) is 24.3 Å². The van der Waals surface area contributed by atoms with E-state index >= 15 is 0 Å². The molecule has 5 rings (SSSR count). The zero-order chi connectivity index (χ0) is 25.0. The molecule has 12 heteroatoms. The molecule has 1 fully saturated rings. The number of carbonyl (C=O) groups is 2. The number of thioether (sulfide) groups is 1. The van der Waals surface area contributed by atoms with Crippen LogP contribution in [0.15, 0.2) is 52.5 Å². The Morgan fingerprint density at radius 1 is 1.26 bits per heavy atom. The summed E-state index contributed by atoms with van der Waals surface area (Å²) in [4.78, 5) is 27.9. The van der Waals surface area contributed by atoms with Crippen LogP contribution in [0, 0.1) is 0 Å². The number of aromatic nitrogens is 2. The van der Waals surface area contributed by atoms with Crippen molar-refractivity contribution in [3.05, 3.63) is 69.2 Å². The fourth-order valence-corrected chi connectivity index (χ4v) is 4.85. The van der Waals surface area contributed by atoms with Crippen LogP contribution in [0.25, 0.3) is 17.0 Å². The molecule has 35 heavy (non-hydrogen) atoms. The van der Waals surface area contributed by atoms with Gasteiger partial charge in [-0.1, -0.05) is 23.7 Å². The highest BCUT2D eigenvalue weighted by Gasteiger charge is 2.51. The number of halogens is 4. The van der Waals surface area contributed by atoms with Gasteiger partial charge in [0.15, 0.2) is 5.17 Å². The highest BCUT2D eigenvalue weighted by molar-refractivity contribution is 8.18. The first-order valence-electron chi connectivity index (χ1n) is 10.4. The average Bonchev–Trinajstić information content (AvgIpc) is 3.35. The number of carboxylic acids is 1. The molecule has 2 N–H and O–H groups in total. The van der Waals surface area contributed by atoms with Gasteiger partial charge in [0.05, 0.1) is 28.7 Å². The molecule has 2 heterocycles. The van der Waals surface area contributed by atoms with Crippen LogP contribution in [0.3, 0.4) is 0 Å². The number of carboxylic acid groups (broad SMARTS) is 1. The van der Waals surface area contributed by atoms with Gasteiger partial charge in [0.1, 0.15) is 5.54 Å². The first-order valence-corrected chi connectivity index (χ1v) is 11.6. The number of rotatable bonds is 5. The molecule has 1 aliphatic heterocycles. The Labute approximate surface area is 205 Å². The van der Waals surface area contributed by atoms with Gasteiger partial charge in [-0.2, -0.15) is 23.3 Å². The van der Waals surface area contributed by atoms with Gasteiger partial charge >= 0.3 is 12.1 Å². The molecule has 1 saturated carbocycles. The molecule has 0 unspecified atom stereocenters. The number of aliphatic carboxylic acids is 1. The van der Waals surface area contributed by atoms with E-state index in [1.807, 2.05) is 0 Å². The van der Waals surface area contributed by atoms with Crippen molar-refractivity contribution < 1.29 is 27.9 Å². The first-order chi connectivity index (χ1) is 16.5. The second kappa shape index (κ2) is 8.42. The van der Waals surface area contributed by atoms with Gasteiger partial charge in [0.25, 0.3) is 5.91 Å². The fourth-order valence-electron chi connectivity index (χ4n) is 3.77. The molecule has 0 radical (unpaired) electrons. The third kappa shape index (κ3) is 4.65. The van der Waals surface area contributed by atoms with Gasteiger partial charge in [-0.25, -0.2) is 4.79 Å². The number of fused-ring (bicyclic) bond motifs is 1. The van der Waals surface area contributed by atoms with E-state index in [0.717, 1.165) is 17.8 Å². The lowest BCUT2D eigenvalue weighted by atomic mass is 10.1. The number of hydrogen-bond donors (Lipinski definition) is 2. The Hall–Kier alpha value is -3.31. The van der Waals surface area contributed by atoms with Gasteiger partial charge in [0.2, 0.25) is 0 Å². The van der Waals surface area contributed by atoms with Crippen molar-refractivity contribution in [2.24, 2.45) is 4.99 Å². The smallest absolute Gasteiger partial charge is 0.416 e. The molecule has 0 atom stereocenters. The summed E-state index contributed by atoms with van der Waals surface area (Å²) < 4.78 is 41.8. The number of amidine groups is 1. The monoisotopic (exact) mass is 520 g/mol. The second-order valence-corrected chi connectivity index (χ2v) is 9.73. The topological polar surface area (TPSA) is 96.6 Å². The third-order valence-electron chi connectivity index (χ3n) is 5.79. The summed E-state index contributed by atoms with van der Waals surface area (Å²) in [5.41, 5.74) is -0.530. The summed E-state index contributed by atoms with van der Waals surface area (Å²) in [5.74, 6) is -1.45. The van der Waals surface area contributed by atoms with Crippen molar-refractivity contribution in [2.45, 2.75) is 31.1 Å². The normalized spacial score (nSPS) is 18.2. The Balaban J connectivity index is 1.36. The minimum Gasteiger partial charge on any atom is -0.480 e. The second-order valence-electron chi connectivity index (χ2n) is 8.26. The lowest BCUT2D eigenvalue weighted by Gasteiger charge is -2.14. The molecular weight excluding hydrogens is 505 g/mol. The molecule has 1 amide bonds. The Morgan fingerprint density at radius 2 is 2.03 bits per heavy atom. The number of alkyl halides is 3. The number of amides is 1. The van der Waals surface area contributed by atoms with Crippen molar-refractivity contribution >= 4 is 57.4 Å². The standard InChI is InChI=1S/C23H16ClF3N4O3S/c24-15-3-2-13(16(9-15)23(25,26)27)11-31-17-4-1-12(7-14(17)10-28-31)8-18-19(32)29-21(35-18)30-22(5-6-22)20(33)34/h1-4,7-10H,5-6,11H2,(H,33,34)(H,29,30,32)/b18-8-. The summed E-state index contributed by atoms with van der Waals surface area (Å²) in [6.07, 6.45) is -0.444. The summed E-state index contributed by atoms with van der Waals surface area (Å²) in [6, 6.07) is 8.84. The molecule has 2 aromatic carbocycles. The van der Waals surface area contributed by atoms with E-state index in [9.17, 15) is 27.9 Å². The number of nitrogens with zero attached hydrogens (tertiary/aromatic N) is 3. The van der Waals surface area contributed by atoms with E-state index < -0.39 is 29.2 Å². The highest BCUT2D eigenvalue weighted by atomic mass is 35.5. The quantitative estimate of drug-likeness (QED) is 0.463. The largest absolute Gasteiger partial charge is 0.480 e. The molecule has 1 aliphatic carbocycles. The molecule has 0 spiro atoms. The number of carbonyl (C=O) groups excluding carboxylic acids is 1. The maximum Gasteiger partial charge on any atom is 0.416 e. The molecule has 1 aromatic heterocycles. The van der Waals surface area contributed by atoms with Crippen LogP contribution in [-0.4, -0.2) is 37.5 Å². The van der Waals surface area contributed by atoms with Gasteiger partial charge in [-0.05, 0) is 66.1 Å². The summed E-state index contributed by atoms with van der Waals surface area (Å²) in [7, 11) is 0. The SMILES string of the molecule is O=C1N=C(NC2(C(=O)O)CC2)S/C1=C\c1ccc2c(cnn2Cc2ccc(Cl)cc2C(F)(F)F)c1. The fraction of sp³-hybridized carbons (Fsp3) is 0.217. The predicted molar refractivity (Wildman–Crippen MR) is 126 cm³/mol. The molecule has 7 nitrogen and oxygen atoms in total. The third-order valence-corrected chi connectivity index (χ3v) is 6.92. The lowest BCUT2D eigenvalue weighted by Crippen LogP contribution is -2.41. The molecular formula is C23H16ClF3N4O3S. The molecule has 2 aliphatic rings. The van der Waals surface area contributed by atoms with Crippen LogP contribution < -0.4 is 5.32 Å². The minimum absolute atomic E-state index is 0.000930. The molecule has 0 bridgehead atoms. The number of hydrogen-bond acceptors (Lipinski definition) is 5. The number of benzene rings is 2. The van der Waals surface area contributed by atoms with Gasteiger partial charge in [-0.3, -0.25) is 9.48 Å². The number of aliphatic imine (C=N–C) groups is 1. The van der Waals surface area contributed by atoms with Gasteiger partial charge in [0, 0.05) is 10.4 Å². The Kier molecular flexibility index (Phi) is 5.64. The zero-order valence-corrected chi connectivity index (χ0v) is 19.3. The van der Waals surface area contributed by atoms with Crippen molar-refractivity contribution in [1.29, 1.82) is 0 Å². The van der Waals surface area contributed by atoms with Crippen LogP contribution >= 0.6 is 23.4 Å².